The van der Waals surface area contributed by atoms with Crippen molar-refractivity contribution in [2.45, 2.75) is 46.4 Å². The van der Waals surface area contributed by atoms with E-state index in [4.69, 9.17) is 9.52 Å². The van der Waals surface area contributed by atoms with E-state index >= 15 is 0 Å². The highest BCUT2D eigenvalue weighted by molar-refractivity contribution is 5.25. The fraction of sp³-hybridized carbons (Fsp3) is 0.444. The van der Waals surface area contributed by atoms with Gasteiger partial charge in [-0.3, -0.25) is 0 Å². The molecule has 0 spiro atoms. The van der Waals surface area contributed by atoms with Crippen LogP contribution in [0.25, 0.3) is 0 Å². The molecule has 3 nitrogen and oxygen atoms in total. The Balaban J connectivity index is 1.89. The molecule has 0 aliphatic carbocycles. The van der Waals surface area contributed by atoms with Gasteiger partial charge in [-0.15, -0.1) is 0 Å². The minimum absolute atomic E-state index is 0.0487. The van der Waals surface area contributed by atoms with Crippen LogP contribution in [0.5, 0.6) is 0 Å². The number of aliphatic hydroxyl groups excluding tert-OH is 1. The van der Waals surface area contributed by atoms with Crippen LogP contribution in [0.2, 0.25) is 0 Å². The van der Waals surface area contributed by atoms with Gasteiger partial charge in [0, 0.05) is 6.04 Å². The summed E-state index contributed by atoms with van der Waals surface area (Å²) < 4.78 is 5.47. The molecule has 1 heterocycles. The second kappa shape index (κ2) is 7.43. The Bertz CT molecular complexity index is 543. The Labute approximate surface area is 127 Å². The van der Waals surface area contributed by atoms with Gasteiger partial charge in [-0.05, 0) is 42.5 Å². The highest BCUT2D eigenvalue weighted by Crippen LogP contribution is 2.16. The second-order valence-electron chi connectivity index (χ2n) is 5.97. The molecule has 114 valence electrons. The number of hydrogen-bond donors (Lipinski definition) is 2. The molecule has 1 atom stereocenters. The Kier molecular flexibility index (Phi) is 5.59. The smallest absolute Gasteiger partial charge is 0.129 e. The van der Waals surface area contributed by atoms with Crippen molar-refractivity contribution in [1.29, 1.82) is 0 Å². The van der Waals surface area contributed by atoms with Crippen LogP contribution in [0.1, 0.15) is 49.5 Å². The molecule has 0 saturated heterocycles. The summed E-state index contributed by atoms with van der Waals surface area (Å²) in [5.41, 5.74) is 2.66. The zero-order valence-corrected chi connectivity index (χ0v) is 13.1. The van der Waals surface area contributed by atoms with Crippen LogP contribution in [-0.4, -0.2) is 5.11 Å². The van der Waals surface area contributed by atoms with E-state index in [1.165, 1.54) is 11.1 Å². The van der Waals surface area contributed by atoms with Gasteiger partial charge < -0.3 is 14.8 Å². The van der Waals surface area contributed by atoms with Gasteiger partial charge in [0.25, 0.3) is 0 Å². The zero-order chi connectivity index (χ0) is 15.2. The van der Waals surface area contributed by atoms with Crippen molar-refractivity contribution in [3.8, 4) is 0 Å². The molecule has 0 bridgehead atoms. The maximum atomic E-state index is 8.98. The molecule has 3 heteroatoms. The summed E-state index contributed by atoms with van der Waals surface area (Å²) in [6, 6.07) is 12.8. The highest BCUT2D eigenvalue weighted by Gasteiger charge is 2.07. The fourth-order valence-corrected chi connectivity index (χ4v) is 2.39. The number of rotatable bonds is 7. The van der Waals surface area contributed by atoms with E-state index in [1.807, 2.05) is 12.1 Å². The van der Waals surface area contributed by atoms with E-state index in [2.05, 4.69) is 50.4 Å². The molecule has 21 heavy (non-hydrogen) atoms. The van der Waals surface area contributed by atoms with Gasteiger partial charge >= 0.3 is 0 Å². The van der Waals surface area contributed by atoms with E-state index in [0.717, 1.165) is 12.2 Å². The standard InChI is InChI=1S/C18H25NO2/c1-13(2)10-15-4-6-16(7-5-15)14(3)19-11-17-8-9-18(12-20)21-17/h4-9,13-14,19-20H,10-12H2,1-3H3. The van der Waals surface area contributed by atoms with Crippen LogP contribution in [0.4, 0.5) is 0 Å². The fourth-order valence-electron chi connectivity index (χ4n) is 2.39. The summed E-state index contributed by atoms with van der Waals surface area (Å²) in [6.07, 6.45) is 1.12. The first-order chi connectivity index (χ1) is 10.1. The molecule has 0 aliphatic heterocycles. The first kappa shape index (κ1) is 15.8. The topological polar surface area (TPSA) is 45.4 Å². The molecule has 2 aromatic rings. The lowest BCUT2D eigenvalue weighted by molar-refractivity contribution is 0.242. The predicted molar refractivity (Wildman–Crippen MR) is 84.9 cm³/mol. The Morgan fingerprint density at radius 3 is 2.24 bits per heavy atom. The third-order valence-corrected chi connectivity index (χ3v) is 3.58. The molecule has 0 aliphatic rings. The Morgan fingerprint density at radius 1 is 1.00 bits per heavy atom. The minimum atomic E-state index is -0.0487. The molecule has 0 radical (unpaired) electrons. The van der Waals surface area contributed by atoms with Gasteiger partial charge in [0.2, 0.25) is 0 Å². The number of furan rings is 1. The van der Waals surface area contributed by atoms with E-state index in [9.17, 15) is 0 Å². The number of nitrogens with one attached hydrogen (secondary N) is 1. The zero-order valence-electron chi connectivity index (χ0n) is 13.1. The van der Waals surface area contributed by atoms with Crippen LogP contribution >= 0.6 is 0 Å². The molecule has 1 unspecified atom stereocenters. The second-order valence-corrected chi connectivity index (χ2v) is 5.97. The highest BCUT2D eigenvalue weighted by atomic mass is 16.4. The van der Waals surface area contributed by atoms with E-state index in [-0.39, 0.29) is 12.6 Å². The lowest BCUT2D eigenvalue weighted by Crippen LogP contribution is -2.17. The molecular weight excluding hydrogens is 262 g/mol. The first-order valence-electron chi connectivity index (χ1n) is 7.59. The van der Waals surface area contributed by atoms with Crippen molar-refractivity contribution in [2.75, 3.05) is 0 Å². The van der Waals surface area contributed by atoms with Gasteiger partial charge in [-0.1, -0.05) is 38.1 Å². The lowest BCUT2D eigenvalue weighted by atomic mass is 10.00. The number of aliphatic hydroxyl groups is 1. The van der Waals surface area contributed by atoms with Gasteiger partial charge in [-0.25, -0.2) is 0 Å². The van der Waals surface area contributed by atoms with Crippen LogP contribution in [0.15, 0.2) is 40.8 Å². The van der Waals surface area contributed by atoms with Crippen molar-refractivity contribution < 1.29 is 9.52 Å². The number of benzene rings is 1. The molecule has 0 fully saturated rings. The Morgan fingerprint density at radius 2 is 1.67 bits per heavy atom. The largest absolute Gasteiger partial charge is 0.462 e. The maximum Gasteiger partial charge on any atom is 0.129 e. The summed E-state index contributed by atoms with van der Waals surface area (Å²) in [5.74, 6) is 2.14. The van der Waals surface area contributed by atoms with Crippen LogP contribution in [0.3, 0.4) is 0 Å². The van der Waals surface area contributed by atoms with Gasteiger partial charge in [0.1, 0.15) is 18.1 Å². The quantitative estimate of drug-likeness (QED) is 0.813. The summed E-state index contributed by atoms with van der Waals surface area (Å²) in [7, 11) is 0. The van der Waals surface area contributed by atoms with Gasteiger partial charge in [-0.2, -0.15) is 0 Å². The third kappa shape index (κ3) is 4.73. The number of hydrogen-bond acceptors (Lipinski definition) is 3. The summed E-state index contributed by atoms with van der Waals surface area (Å²) in [6.45, 7) is 7.24. The van der Waals surface area contributed by atoms with Crippen molar-refractivity contribution in [3.63, 3.8) is 0 Å². The summed E-state index contributed by atoms with van der Waals surface area (Å²) in [4.78, 5) is 0. The van der Waals surface area contributed by atoms with Gasteiger partial charge in [0.05, 0.1) is 6.54 Å². The molecule has 2 N–H and O–H groups in total. The van der Waals surface area contributed by atoms with E-state index in [1.54, 1.807) is 0 Å². The van der Waals surface area contributed by atoms with Crippen molar-refractivity contribution in [1.82, 2.24) is 5.32 Å². The summed E-state index contributed by atoms with van der Waals surface area (Å²) >= 11 is 0. The van der Waals surface area contributed by atoms with Crippen LogP contribution in [-0.2, 0) is 19.6 Å². The van der Waals surface area contributed by atoms with Crippen molar-refractivity contribution in [2.24, 2.45) is 5.92 Å². The molecular formula is C18H25NO2. The van der Waals surface area contributed by atoms with Gasteiger partial charge in [0.15, 0.2) is 0 Å². The molecule has 2 rings (SSSR count). The third-order valence-electron chi connectivity index (χ3n) is 3.58. The Hall–Kier alpha value is -1.58. The van der Waals surface area contributed by atoms with E-state index < -0.39 is 0 Å². The molecule has 1 aromatic heterocycles. The maximum absolute atomic E-state index is 8.98. The molecule has 0 amide bonds. The SMILES string of the molecule is CC(C)Cc1ccc(C(C)NCc2ccc(CO)o2)cc1. The molecule has 1 aromatic carbocycles. The van der Waals surface area contributed by atoms with Crippen molar-refractivity contribution in [3.05, 3.63) is 59.0 Å². The minimum Gasteiger partial charge on any atom is -0.462 e. The monoisotopic (exact) mass is 287 g/mol. The van der Waals surface area contributed by atoms with Crippen LogP contribution in [0, 0.1) is 5.92 Å². The van der Waals surface area contributed by atoms with E-state index in [0.29, 0.717) is 18.2 Å². The predicted octanol–water partition coefficient (Wildman–Crippen LogP) is 3.82. The lowest BCUT2D eigenvalue weighted by Gasteiger charge is -2.14. The molecule has 0 saturated carbocycles. The normalized spacial score (nSPS) is 12.8. The average Bonchev–Trinajstić information content (AvgIpc) is 2.93. The first-order valence-corrected chi connectivity index (χ1v) is 7.59. The van der Waals surface area contributed by atoms with Crippen LogP contribution < -0.4 is 5.32 Å². The van der Waals surface area contributed by atoms with Crippen molar-refractivity contribution >= 4 is 0 Å². The summed E-state index contributed by atoms with van der Waals surface area (Å²) in [5, 5.41) is 12.4. The average molecular weight is 287 g/mol.